The van der Waals surface area contributed by atoms with Gasteiger partial charge in [-0.25, -0.2) is 0 Å². The molecule has 1 aromatic carbocycles. The van der Waals surface area contributed by atoms with Crippen LogP contribution >= 0.6 is 0 Å². The molecule has 1 rings (SSSR count). The van der Waals surface area contributed by atoms with Crippen LogP contribution in [-0.2, 0) is 4.84 Å². The molecule has 0 amide bonds. The van der Waals surface area contributed by atoms with Crippen molar-refractivity contribution in [2.45, 2.75) is 32.7 Å². The zero-order chi connectivity index (χ0) is 16.2. The summed E-state index contributed by atoms with van der Waals surface area (Å²) in [5.74, 6) is 0.820. The van der Waals surface area contributed by atoms with Crippen molar-refractivity contribution in [2.75, 3.05) is 20.3 Å². The Balaban J connectivity index is 2.71. The summed E-state index contributed by atoms with van der Waals surface area (Å²) in [5, 5.41) is 7.46. The van der Waals surface area contributed by atoms with E-state index in [-0.39, 0.29) is 0 Å². The molecule has 0 aliphatic rings. The van der Waals surface area contributed by atoms with E-state index in [0.717, 1.165) is 30.0 Å². The fourth-order valence-electron chi connectivity index (χ4n) is 1.95. The standard InChI is InChI=1S/C18H26N2O2/c1-5-6-11-17(20-21-4)16-10-7-8-12-18(16)22-14-9-13-19-15(2)3/h6-8,10,12,15,19H,1,9,11,13-14H2,2-4H3/b20-17+. The Hall–Kier alpha value is -2.03. The van der Waals surface area contributed by atoms with Gasteiger partial charge in [-0.3, -0.25) is 0 Å². The van der Waals surface area contributed by atoms with Gasteiger partial charge < -0.3 is 14.9 Å². The maximum absolute atomic E-state index is 5.90. The Morgan fingerprint density at radius 2 is 2.18 bits per heavy atom. The molecule has 0 fully saturated rings. The zero-order valence-electron chi connectivity index (χ0n) is 13.8. The normalized spacial score (nSPS) is 11.2. The first-order chi connectivity index (χ1) is 10.7. The molecule has 0 unspecified atom stereocenters. The third kappa shape index (κ3) is 6.61. The number of benzene rings is 1. The minimum absolute atomic E-state index is 0.499. The van der Waals surface area contributed by atoms with Crippen molar-refractivity contribution in [3.63, 3.8) is 0 Å². The molecule has 0 heterocycles. The summed E-state index contributed by atoms with van der Waals surface area (Å²) < 4.78 is 5.90. The van der Waals surface area contributed by atoms with Gasteiger partial charge in [0.2, 0.25) is 0 Å². The molecule has 120 valence electrons. The smallest absolute Gasteiger partial charge is 0.128 e. The van der Waals surface area contributed by atoms with Gasteiger partial charge in [-0.2, -0.15) is 0 Å². The van der Waals surface area contributed by atoms with E-state index < -0.39 is 0 Å². The maximum atomic E-state index is 5.90. The molecule has 0 saturated carbocycles. The van der Waals surface area contributed by atoms with Crippen molar-refractivity contribution in [1.82, 2.24) is 5.32 Å². The molecule has 0 aliphatic carbocycles. The van der Waals surface area contributed by atoms with Gasteiger partial charge in [0, 0.05) is 18.0 Å². The number of hydrogen-bond acceptors (Lipinski definition) is 4. The Morgan fingerprint density at radius 1 is 1.41 bits per heavy atom. The van der Waals surface area contributed by atoms with Gasteiger partial charge in [0.15, 0.2) is 0 Å². The zero-order valence-corrected chi connectivity index (χ0v) is 13.8. The van der Waals surface area contributed by atoms with Crippen LogP contribution in [0.5, 0.6) is 5.75 Å². The molecular formula is C18H26N2O2. The average Bonchev–Trinajstić information content (AvgIpc) is 2.51. The number of oxime groups is 1. The molecule has 0 saturated heterocycles. The number of nitrogens with zero attached hydrogens (tertiary/aromatic N) is 1. The Bertz CT molecular complexity index is 518. The van der Waals surface area contributed by atoms with Gasteiger partial charge in [0.05, 0.1) is 12.3 Å². The van der Waals surface area contributed by atoms with Gasteiger partial charge in [-0.15, -0.1) is 5.73 Å². The molecule has 1 aromatic rings. The van der Waals surface area contributed by atoms with Crippen LogP contribution in [0.4, 0.5) is 0 Å². The molecule has 1 N–H and O–H groups in total. The highest BCUT2D eigenvalue weighted by atomic mass is 16.6. The Labute approximate surface area is 133 Å². The lowest BCUT2D eigenvalue weighted by Gasteiger charge is -2.13. The summed E-state index contributed by atoms with van der Waals surface area (Å²) in [5.41, 5.74) is 4.49. The van der Waals surface area contributed by atoms with E-state index in [1.165, 1.54) is 0 Å². The first-order valence-electron chi connectivity index (χ1n) is 7.59. The molecule has 0 aromatic heterocycles. The summed E-state index contributed by atoms with van der Waals surface area (Å²) in [4.78, 5) is 4.93. The molecule has 4 heteroatoms. The van der Waals surface area contributed by atoms with Crippen LogP contribution in [0.1, 0.15) is 32.3 Å². The van der Waals surface area contributed by atoms with Crippen molar-refractivity contribution < 1.29 is 9.57 Å². The van der Waals surface area contributed by atoms with Gasteiger partial charge in [-0.1, -0.05) is 37.7 Å². The van der Waals surface area contributed by atoms with E-state index in [1.54, 1.807) is 7.11 Å². The largest absolute Gasteiger partial charge is 0.493 e. The minimum atomic E-state index is 0.499. The number of nitrogens with one attached hydrogen (secondary N) is 1. The summed E-state index contributed by atoms with van der Waals surface area (Å²) in [6.07, 6.45) is 3.38. The van der Waals surface area contributed by atoms with E-state index in [4.69, 9.17) is 9.57 Å². The second-order valence-electron chi connectivity index (χ2n) is 5.14. The third-order valence-corrected chi connectivity index (χ3v) is 2.97. The predicted molar refractivity (Wildman–Crippen MR) is 91.6 cm³/mol. The van der Waals surface area contributed by atoms with Crippen molar-refractivity contribution >= 4 is 5.71 Å². The fourth-order valence-corrected chi connectivity index (χ4v) is 1.95. The minimum Gasteiger partial charge on any atom is -0.493 e. The number of ether oxygens (including phenoxy) is 1. The lowest BCUT2D eigenvalue weighted by Crippen LogP contribution is -2.24. The second kappa shape index (κ2) is 10.7. The predicted octanol–water partition coefficient (Wildman–Crippen LogP) is 3.54. The molecule has 4 nitrogen and oxygen atoms in total. The highest BCUT2D eigenvalue weighted by molar-refractivity contribution is 6.03. The highest BCUT2D eigenvalue weighted by Crippen LogP contribution is 2.21. The number of hydrogen-bond donors (Lipinski definition) is 1. The van der Waals surface area contributed by atoms with E-state index in [1.807, 2.05) is 30.3 Å². The van der Waals surface area contributed by atoms with E-state index in [2.05, 4.69) is 36.6 Å². The van der Waals surface area contributed by atoms with E-state index in [0.29, 0.717) is 19.1 Å². The second-order valence-corrected chi connectivity index (χ2v) is 5.14. The Morgan fingerprint density at radius 3 is 2.86 bits per heavy atom. The Kier molecular flexibility index (Phi) is 8.73. The topological polar surface area (TPSA) is 42.9 Å². The molecule has 0 bridgehead atoms. The van der Waals surface area contributed by atoms with Crippen LogP contribution in [0, 0.1) is 0 Å². The molecule has 22 heavy (non-hydrogen) atoms. The van der Waals surface area contributed by atoms with Gasteiger partial charge in [0.25, 0.3) is 0 Å². The SMILES string of the molecule is C=C=CC/C(=N\OC)c1ccccc1OCCCNC(C)C. The van der Waals surface area contributed by atoms with E-state index in [9.17, 15) is 0 Å². The molecule has 0 aliphatic heterocycles. The summed E-state index contributed by atoms with van der Waals surface area (Å²) in [7, 11) is 1.54. The number of rotatable bonds is 10. The van der Waals surface area contributed by atoms with Gasteiger partial charge in [0.1, 0.15) is 12.9 Å². The van der Waals surface area contributed by atoms with Crippen molar-refractivity contribution in [3.8, 4) is 5.75 Å². The fraction of sp³-hybridized carbons (Fsp3) is 0.444. The van der Waals surface area contributed by atoms with E-state index >= 15 is 0 Å². The third-order valence-electron chi connectivity index (χ3n) is 2.97. The molecule has 0 atom stereocenters. The highest BCUT2D eigenvalue weighted by Gasteiger charge is 2.10. The molecule has 0 spiro atoms. The lowest BCUT2D eigenvalue weighted by molar-refractivity contribution is 0.213. The van der Waals surface area contributed by atoms with Crippen LogP contribution in [0.15, 0.2) is 47.8 Å². The van der Waals surface area contributed by atoms with Crippen LogP contribution < -0.4 is 10.1 Å². The molecular weight excluding hydrogens is 276 g/mol. The number of para-hydroxylation sites is 1. The van der Waals surface area contributed by atoms with Crippen molar-refractivity contribution in [1.29, 1.82) is 0 Å². The van der Waals surface area contributed by atoms with Crippen LogP contribution in [-0.4, -0.2) is 32.0 Å². The number of allylic oxidation sites excluding steroid dienone is 1. The van der Waals surface area contributed by atoms with Crippen molar-refractivity contribution in [2.24, 2.45) is 5.16 Å². The summed E-state index contributed by atoms with van der Waals surface area (Å²) in [6, 6.07) is 8.35. The monoisotopic (exact) mass is 302 g/mol. The van der Waals surface area contributed by atoms with Crippen molar-refractivity contribution in [3.05, 3.63) is 48.2 Å². The maximum Gasteiger partial charge on any atom is 0.128 e. The van der Waals surface area contributed by atoms with Crippen LogP contribution in [0.3, 0.4) is 0 Å². The average molecular weight is 302 g/mol. The van der Waals surface area contributed by atoms with Gasteiger partial charge >= 0.3 is 0 Å². The first-order valence-corrected chi connectivity index (χ1v) is 7.59. The van der Waals surface area contributed by atoms with Gasteiger partial charge in [-0.05, 0) is 31.2 Å². The summed E-state index contributed by atoms with van der Waals surface area (Å²) >= 11 is 0. The quantitative estimate of drug-likeness (QED) is 0.311. The lowest BCUT2D eigenvalue weighted by atomic mass is 10.1. The summed E-state index contributed by atoms with van der Waals surface area (Å²) in [6.45, 7) is 9.45. The first kappa shape index (κ1) is 18.0. The van der Waals surface area contributed by atoms with Crippen LogP contribution in [0.25, 0.3) is 0 Å². The van der Waals surface area contributed by atoms with Crippen LogP contribution in [0.2, 0.25) is 0 Å². The molecule has 0 radical (unpaired) electrons.